The lowest BCUT2D eigenvalue weighted by Gasteiger charge is -2.51. The average molecular weight is 387 g/mol. The molecule has 0 aromatic rings. The van der Waals surface area contributed by atoms with Crippen molar-refractivity contribution in [3.8, 4) is 0 Å². The summed E-state index contributed by atoms with van der Waals surface area (Å²) in [5.74, 6) is 2.53. The molecule has 2 aliphatic carbocycles. The number of imide groups is 1. The van der Waals surface area contributed by atoms with Gasteiger partial charge in [0.15, 0.2) is 6.10 Å². The fraction of sp³-hybridized carbons (Fsp3) is 0.824. The van der Waals surface area contributed by atoms with Crippen LogP contribution in [0.2, 0.25) is 0 Å². The molecule has 2 saturated carbocycles. The summed E-state index contributed by atoms with van der Waals surface area (Å²) in [6.07, 6.45) is 4.39. The molecule has 3 rings (SSSR count). The van der Waals surface area contributed by atoms with E-state index in [4.69, 9.17) is 4.74 Å². The van der Waals surface area contributed by atoms with Gasteiger partial charge in [-0.05, 0) is 44.4 Å². The van der Waals surface area contributed by atoms with E-state index in [0.29, 0.717) is 15.9 Å². The van der Waals surface area contributed by atoms with Gasteiger partial charge in [-0.3, -0.25) is 14.9 Å². The first-order chi connectivity index (χ1) is 12.0. The number of nitrogens with one attached hydrogen (secondary N) is 2. The fourth-order valence-electron chi connectivity index (χ4n) is 4.40. The van der Waals surface area contributed by atoms with Gasteiger partial charge in [-0.25, -0.2) is 4.79 Å². The van der Waals surface area contributed by atoms with Gasteiger partial charge in [0.1, 0.15) is 0 Å². The van der Waals surface area contributed by atoms with Gasteiger partial charge in [-0.2, -0.15) is 0 Å². The number of urea groups is 1. The molecule has 2 N–H and O–H groups in total. The van der Waals surface area contributed by atoms with Crippen molar-refractivity contribution in [1.82, 2.24) is 10.6 Å². The van der Waals surface area contributed by atoms with Crippen LogP contribution >= 0.6 is 23.5 Å². The molecule has 4 atom stereocenters. The molecule has 0 aromatic carbocycles. The average Bonchev–Trinajstić information content (AvgIpc) is 3.03. The van der Waals surface area contributed by atoms with E-state index >= 15 is 0 Å². The number of esters is 1. The molecule has 1 unspecified atom stereocenters. The van der Waals surface area contributed by atoms with Crippen molar-refractivity contribution in [1.29, 1.82) is 0 Å². The van der Waals surface area contributed by atoms with Crippen molar-refractivity contribution in [2.75, 3.05) is 18.6 Å². The minimum Gasteiger partial charge on any atom is -0.452 e. The molecule has 3 amide bonds. The van der Waals surface area contributed by atoms with Crippen LogP contribution in [-0.2, 0) is 14.3 Å². The molecule has 25 heavy (non-hydrogen) atoms. The largest absolute Gasteiger partial charge is 0.452 e. The highest BCUT2D eigenvalue weighted by atomic mass is 32.2. The summed E-state index contributed by atoms with van der Waals surface area (Å²) in [7, 11) is 1.43. The lowest BCUT2D eigenvalue weighted by Crippen LogP contribution is -2.49. The van der Waals surface area contributed by atoms with Crippen molar-refractivity contribution in [3.05, 3.63) is 0 Å². The maximum Gasteiger partial charge on any atom is 0.321 e. The van der Waals surface area contributed by atoms with Crippen LogP contribution in [-0.4, -0.2) is 46.6 Å². The van der Waals surface area contributed by atoms with Crippen molar-refractivity contribution < 1.29 is 19.1 Å². The number of carbonyl (C=O) groups is 3. The molecule has 140 valence electrons. The lowest BCUT2D eigenvalue weighted by molar-refractivity contribution is -0.161. The number of hydrogen-bond acceptors (Lipinski definition) is 6. The Morgan fingerprint density at radius 3 is 2.28 bits per heavy atom. The molecular weight excluding hydrogens is 360 g/mol. The predicted molar refractivity (Wildman–Crippen MR) is 99.4 cm³/mol. The third-order valence-electron chi connectivity index (χ3n) is 5.58. The zero-order valence-electron chi connectivity index (χ0n) is 14.7. The Morgan fingerprint density at radius 1 is 1.12 bits per heavy atom. The summed E-state index contributed by atoms with van der Waals surface area (Å²) in [4.78, 5) is 35.7. The fourth-order valence-corrected chi connectivity index (χ4v) is 8.34. The van der Waals surface area contributed by atoms with Crippen molar-refractivity contribution in [2.24, 2.45) is 17.8 Å². The van der Waals surface area contributed by atoms with Gasteiger partial charge in [-0.15, -0.1) is 23.5 Å². The van der Waals surface area contributed by atoms with Crippen molar-refractivity contribution in [3.63, 3.8) is 0 Å². The summed E-state index contributed by atoms with van der Waals surface area (Å²) in [6, 6.07) is -0.600. The first-order valence-corrected chi connectivity index (χ1v) is 10.9. The highest BCUT2D eigenvalue weighted by Crippen LogP contribution is 2.64. The zero-order chi connectivity index (χ0) is 18.0. The second kappa shape index (κ2) is 7.78. The SMILES string of the molecule is CNC(=O)NC(=O)[C@@H](C)OC(=O)C1C[C@H]2CCC[C@@H](C1)C21SCCS1. The summed E-state index contributed by atoms with van der Waals surface area (Å²) >= 11 is 4.20. The minimum atomic E-state index is -0.962. The van der Waals surface area contributed by atoms with Gasteiger partial charge in [0, 0.05) is 18.6 Å². The highest BCUT2D eigenvalue weighted by Gasteiger charge is 2.55. The Morgan fingerprint density at radius 2 is 1.72 bits per heavy atom. The van der Waals surface area contributed by atoms with Gasteiger partial charge in [0.25, 0.3) is 5.91 Å². The maximum absolute atomic E-state index is 12.6. The van der Waals surface area contributed by atoms with Gasteiger partial charge in [-0.1, -0.05) is 6.42 Å². The Kier molecular flexibility index (Phi) is 5.88. The predicted octanol–water partition coefficient (Wildman–Crippen LogP) is 2.38. The van der Waals surface area contributed by atoms with E-state index in [1.807, 2.05) is 0 Å². The van der Waals surface area contributed by atoms with Crippen molar-refractivity contribution in [2.45, 2.75) is 49.2 Å². The van der Waals surface area contributed by atoms with Gasteiger partial charge >= 0.3 is 12.0 Å². The third kappa shape index (κ3) is 3.79. The number of hydrogen-bond donors (Lipinski definition) is 2. The highest BCUT2D eigenvalue weighted by molar-refractivity contribution is 8.21. The molecule has 0 radical (unpaired) electrons. The van der Waals surface area contributed by atoms with E-state index < -0.39 is 18.0 Å². The smallest absolute Gasteiger partial charge is 0.321 e. The van der Waals surface area contributed by atoms with Crippen molar-refractivity contribution >= 4 is 41.4 Å². The third-order valence-corrected chi connectivity index (χ3v) is 9.60. The van der Waals surface area contributed by atoms with Gasteiger partial charge < -0.3 is 10.1 Å². The summed E-state index contributed by atoms with van der Waals surface area (Å²) < 4.78 is 5.69. The molecule has 1 heterocycles. The van der Waals surface area contributed by atoms with Gasteiger partial charge in [0.2, 0.25) is 0 Å². The van der Waals surface area contributed by atoms with E-state index in [2.05, 4.69) is 34.2 Å². The van der Waals surface area contributed by atoms with Crippen LogP contribution in [0.4, 0.5) is 4.79 Å². The van der Waals surface area contributed by atoms with Crippen LogP contribution in [0.1, 0.15) is 39.0 Å². The molecule has 1 spiro atoms. The Bertz CT molecular complexity index is 535. The first-order valence-electron chi connectivity index (χ1n) is 8.97. The van der Waals surface area contributed by atoms with Crippen LogP contribution in [0.3, 0.4) is 0 Å². The molecule has 6 nitrogen and oxygen atoms in total. The second-order valence-electron chi connectivity index (χ2n) is 7.06. The van der Waals surface area contributed by atoms with E-state index in [1.165, 1.54) is 44.7 Å². The monoisotopic (exact) mass is 386 g/mol. The van der Waals surface area contributed by atoms with E-state index in [1.54, 1.807) is 0 Å². The molecule has 8 heteroatoms. The number of rotatable bonds is 3. The molecule has 1 saturated heterocycles. The Labute approximate surface area is 157 Å². The Hall–Kier alpha value is -0.890. The quantitative estimate of drug-likeness (QED) is 0.725. The standard InChI is InChI=1S/C17H26N2O4S2/c1-10(14(20)19-16(22)18-2)23-15(21)11-8-12-4-3-5-13(9-11)17(12)24-6-7-25-17/h10-13H,3-9H2,1-2H3,(H2,18,19,20,22)/t10-,11?,12-,13+/m1/s1. The molecule has 3 aliphatic rings. The van der Waals surface area contributed by atoms with Crippen LogP contribution < -0.4 is 10.6 Å². The maximum atomic E-state index is 12.6. The molecule has 2 bridgehead atoms. The summed E-state index contributed by atoms with van der Waals surface area (Å²) in [5, 5.41) is 4.45. The first kappa shape index (κ1) is 18.9. The van der Waals surface area contributed by atoms with E-state index in [9.17, 15) is 14.4 Å². The second-order valence-corrected chi connectivity index (χ2v) is 10.1. The number of carbonyl (C=O) groups excluding carboxylic acids is 3. The number of ether oxygens (including phenoxy) is 1. The van der Waals surface area contributed by atoms with Crippen LogP contribution in [0.25, 0.3) is 0 Å². The number of amides is 3. The summed E-state index contributed by atoms with van der Waals surface area (Å²) in [6.45, 7) is 1.50. The van der Waals surface area contributed by atoms with Crippen LogP contribution in [0.5, 0.6) is 0 Å². The topological polar surface area (TPSA) is 84.5 Å². The molecule has 0 aromatic heterocycles. The lowest BCUT2D eigenvalue weighted by atomic mass is 9.67. The van der Waals surface area contributed by atoms with Crippen LogP contribution in [0.15, 0.2) is 0 Å². The van der Waals surface area contributed by atoms with E-state index in [0.717, 1.165) is 12.8 Å². The van der Waals surface area contributed by atoms with Gasteiger partial charge in [0.05, 0.1) is 10.00 Å². The molecule has 3 fully saturated rings. The van der Waals surface area contributed by atoms with E-state index in [-0.39, 0.29) is 11.9 Å². The number of thioether (sulfide) groups is 2. The molecule has 1 aliphatic heterocycles. The minimum absolute atomic E-state index is 0.127. The van der Waals surface area contributed by atoms with Crippen LogP contribution in [0, 0.1) is 17.8 Å². The summed E-state index contributed by atoms with van der Waals surface area (Å²) in [5.41, 5.74) is 0. The zero-order valence-corrected chi connectivity index (χ0v) is 16.3. The normalized spacial score (nSPS) is 31.2. The molecular formula is C17H26N2O4S2. The Balaban J connectivity index is 1.59.